The number of aromatic nitrogens is 1. The third-order valence-corrected chi connectivity index (χ3v) is 9.00. The van der Waals surface area contributed by atoms with Crippen molar-refractivity contribution in [2.75, 3.05) is 34.4 Å². The molecule has 10 heteroatoms. The molecule has 46 heavy (non-hydrogen) atoms. The maximum absolute atomic E-state index is 12.7. The van der Waals surface area contributed by atoms with Crippen LogP contribution in [0.4, 0.5) is 32.3 Å². The SMILES string of the molecule is O=C(NCC1CCc2ccc(-c3cccc4c3CCC(CNC(=O)Nc3cccc5[nH]ccc35)N4)cc2N1)Nc1cccc(Cl)c1. The maximum atomic E-state index is 12.7. The highest BCUT2D eigenvalue weighted by atomic mass is 35.5. The van der Waals surface area contributed by atoms with Crippen molar-refractivity contribution in [1.82, 2.24) is 15.6 Å². The van der Waals surface area contributed by atoms with Crippen molar-refractivity contribution in [1.29, 1.82) is 0 Å². The number of nitrogens with one attached hydrogen (secondary N) is 7. The summed E-state index contributed by atoms with van der Waals surface area (Å²) < 4.78 is 0. The van der Waals surface area contributed by atoms with Gasteiger partial charge >= 0.3 is 12.1 Å². The second kappa shape index (κ2) is 13.1. The standard InChI is InChI=1S/C36H36ClN7O2/c37-24-4-1-5-25(19-24)43-35(45)39-20-26-13-12-22-10-11-23(18-34(22)42-26)28-6-2-8-32-29(28)15-14-27(41-32)21-40-36(46)44-33-9-3-7-31-30(33)16-17-38-31/h1-11,16-19,26-27,38,41-42H,12-15,20-21H2,(H2,39,43,45)(H2,40,44,46). The molecule has 2 aliphatic rings. The van der Waals surface area contributed by atoms with Gasteiger partial charge in [-0.3, -0.25) is 0 Å². The number of halogens is 1. The minimum absolute atomic E-state index is 0.126. The number of hydrogen-bond acceptors (Lipinski definition) is 4. The Morgan fingerprint density at radius 2 is 1.52 bits per heavy atom. The topological polar surface area (TPSA) is 122 Å². The van der Waals surface area contributed by atoms with Gasteiger partial charge < -0.3 is 36.9 Å². The molecule has 0 aliphatic carbocycles. The molecule has 2 aliphatic heterocycles. The van der Waals surface area contributed by atoms with Crippen LogP contribution in [0.25, 0.3) is 22.0 Å². The van der Waals surface area contributed by atoms with Crippen LogP contribution in [0.1, 0.15) is 24.0 Å². The summed E-state index contributed by atoms with van der Waals surface area (Å²) in [5, 5.41) is 20.7. The van der Waals surface area contributed by atoms with Gasteiger partial charge in [-0.25, -0.2) is 9.59 Å². The molecule has 2 unspecified atom stereocenters. The molecule has 7 N–H and O–H groups in total. The molecular formula is C36H36ClN7O2. The third kappa shape index (κ3) is 6.60. The minimum atomic E-state index is -0.254. The first-order valence-electron chi connectivity index (χ1n) is 15.7. The minimum Gasteiger partial charge on any atom is -0.380 e. The Labute approximate surface area is 272 Å². The number of anilines is 4. The zero-order valence-electron chi connectivity index (χ0n) is 25.3. The van der Waals surface area contributed by atoms with Crippen molar-refractivity contribution in [3.63, 3.8) is 0 Å². The van der Waals surface area contributed by atoms with Crippen LogP contribution in [-0.4, -0.2) is 42.2 Å². The Morgan fingerprint density at radius 1 is 0.761 bits per heavy atom. The Balaban J connectivity index is 0.956. The lowest BCUT2D eigenvalue weighted by molar-refractivity contribution is 0.250. The molecule has 0 saturated heterocycles. The number of H-pyrrole nitrogens is 1. The fourth-order valence-electron chi connectivity index (χ4n) is 6.43. The lowest BCUT2D eigenvalue weighted by atomic mass is 9.88. The summed E-state index contributed by atoms with van der Waals surface area (Å²) in [7, 11) is 0. The first kappa shape index (κ1) is 29.6. The number of carbonyl (C=O) groups is 2. The fourth-order valence-corrected chi connectivity index (χ4v) is 6.62. The molecule has 5 aromatic rings. The molecule has 7 rings (SSSR count). The molecule has 4 amide bonds. The number of urea groups is 2. The second-order valence-electron chi connectivity index (χ2n) is 11.9. The van der Waals surface area contributed by atoms with E-state index in [0.717, 1.165) is 59.2 Å². The van der Waals surface area contributed by atoms with Gasteiger partial charge in [0.05, 0.1) is 5.69 Å². The van der Waals surface area contributed by atoms with Crippen molar-refractivity contribution in [2.45, 2.75) is 37.8 Å². The summed E-state index contributed by atoms with van der Waals surface area (Å²) >= 11 is 6.03. The Hall–Kier alpha value is -5.15. The van der Waals surface area contributed by atoms with Crippen LogP contribution in [-0.2, 0) is 12.8 Å². The van der Waals surface area contributed by atoms with Gasteiger partial charge in [-0.15, -0.1) is 0 Å². The summed E-state index contributed by atoms with van der Waals surface area (Å²) in [6, 6.07) is 27.7. The van der Waals surface area contributed by atoms with Gasteiger partial charge in [0.2, 0.25) is 0 Å². The van der Waals surface area contributed by atoms with Crippen LogP contribution < -0.4 is 31.9 Å². The van der Waals surface area contributed by atoms with E-state index >= 15 is 0 Å². The number of hydrogen-bond donors (Lipinski definition) is 7. The first-order valence-corrected chi connectivity index (χ1v) is 16.1. The molecule has 0 saturated carbocycles. The Kier molecular flexibility index (Phi) is 8.39. The van der Waals surface area contributed by atoms with E-state index < -0.39 is 0 Å². The van der Waals surface area contributed by atoms with Crippen molar-refractivity contribution in [3.05, 3.63) is 107 Å². The van der Waals surface area contributed by atoms with Crippen molar-refractivity contribution in [2.24, 2.45) is 0 Å². The predicted molar refractivity (Wildman–Crippen MR) is 187 cm³/mol. The van der Waals surface area contributed by atoms with E-state index in [0.29, 0.717) is 23.8 Å². The van der Waals surface area contributed by atoms with Crippen LogP contribution >= 0.6 is 11.6 Å². The predicted octanol–water partition coefficient (Wildman–Crippen LogP) is 7.59. The van der Waals surface area contributed by atoms with E-state index in [1.54, 1.807) is 18.2 Å². The zero-order valence-corrected chi connectivity index (χ0v) is 26.0. The van der Waals surface area contributed by atoms with E-state index in [9.17, 15) is 9.59 Å². The third-order valence-electron chi connectivity index (χ3n) is 8.76. The second-order valence-corrected chi connectivity index (χ2v) is 12.3. The first-order chi connectivity index (χ1) is 22.5. The number of fused-ring (bicyclic) bond motifs is 3. The number of aryl methyl sites for hydroxylation is 1. The van der Waals surface area contributed by atoms with E-state index in [4.69, 9.17) is 11.6 Å². The summed E-state index contributed by atoms with van der Waals surface area (Å²) in [5.41, 5.74) is 9.57. The van der Waals surface area contributed by atoms with Crippen LogP contribution in [0, 0.1) is 0 Å². The van der Waals surface area contributed by atoms with Gasteiger partial charge in [0.1, 0.15) is 0 Å². The van der Waals surface area contributed by atoms with Crippen LogP contribution in [0.5, 0.6) is 0 Å². The van der Waals surface area contributed by atoms with Crippen LogP contribution in [0.15, 0.2) is 91.1 Å². The van der Waals surface area contributed by atoms with Crippen LogP contribution in [0.2, 0.25) is 5.02 Å². The number of aromatic amines is 1. The maximum Gasteiger partial charge on any atom is 0.319 e. The summed E-state index contributed by atoms with van der Waals surface area (Å²) in [6.07, 6.45) is 5.57. The summed E-state index contributed by atoms with van der Waals surface area (Å²) in [6.45, 7) is 1.03. The van der Waals surface area contributed by atoms with Gasteiger partial charge in [0, 0.05) is 64.4 Å². The smallest absolute Gasteiger partial charge is 0.319 e. The number of benzene rings is 4. The molecule has 3 heterocycles. The van der Waals surface area contributed by atoms with E-state index in [1.807, 2.05) is 36.5 Å². The molecule has 0 bridgehead atoms. The van der Waals surface area contributed by atoms with Crippen molar-refractivity contribution >= 4 is 57.3 Å². The molecule has 0 fully saturated rings. The monoisotopic (exact) mass is 633 g/mol. The normalized spacial score (nSPS) is 16.7. The molecule has 9 nitrogen and oxygen atoms in total. The zero-order chi connectivity index (χ0) is 31.5. The number of rotatable bonds is 7. The highest BCUT2D eigenvalue weighted by molar-refractivity contribution is 6.30. The number of amides is 4. The van der Waals surface area contributed by atoms with Crippen molar-refractivity contribution < 1.29 is 9.59 Å². The van der Waals surface area contributed by atoms with Gasteiger partial charge in [0.15, 0.2) is 0 Å². The van der Waals surface area contributed by atoms with E-state index in [-0.39, 0.29) is 24.1 Å². The molecule has 234 valence electrons. The highest BCUT2D eigenvalue weighted by Crippen LogP contribution is 2.37. The lowest BCUT2D eigenvalue weighted by Gasteiger charge is -2.30. The molecule has 1 aromatic heterocycles. The van der Waals surface area contributed by atoms with Gasteiger partial charge in [-0.1, -0.05) is 48.0 Å². The molecule has 0 spiro atoms. The average molecular weight is 634 g/mol. The molecule has 2 atom stereocenters. The quantitative estimate of drug-likeness (QED) is 0.0998. The number of carbonyl (C=O) groups excluding carboxylic acids is 2. The average Bonchev–Trinajstić information content (AvgIpc) is 3.56. The Morgan fingerprint density at radius 3 is 2.37 bits per heavy atom. The van der Waals surface area contributed by atoms with E-state index in [2.05, 4.69) is 73.3 Å². The fraction of sp³-hybridized carbons (Fsp3) is 0.222. The largest absolute Gasteiger partial charge is 0.380 e. The molecule has 4 aromatic carbocycles. The molecule has 0 radical (unpaired) electrons. The van der Waals surface area contributed by atoms with Gasteiger partial charge in [0.25, 0.3) is 0 Å². The van der Waals surface area contributed by atoms with Gasteiger partial charge in [-0.05, 0) is 96.5 Å². The van der Waals surface area contributed by atoms with Gasteiger partial charge in [-0.2, -0.15) is 0 Å². The lowest BCUT2D eigenvalue weighted by Crippen LogP contribution is -2.40. The highest BCUT2D eigenvalue weighted by Gasteiger charge is 2.23. The Bertz CT molecular complexity index is 1900. The van der Waals surface area contributed by atoms with Crippen molar-refractivity contribution in [3.8, 4) is 11.1 Å². The molecular weight excluding hydrogens is 598 g/mol. The summed E-state index contributed by atoms with van der Waals surface area (Å²) in [4.78, 5) is 28.4. The van der Waals surface area contributed by atoms with Crippen LogP contribution in [0.3, 0.4) is 0 Å². The van der Waals surface area contributed by atoms with E-state index in [1.165, 1.54) is 16.7 Å². The summed E-state index contributed by atoms with van der Waals surface area (Å²) in [5.74, 6) is 0.